The van der Waals surface area contributed by atoms with Gasteiger partial charge in [0, 0.05) is 11.4 Å². The summed E-state index contributed by atoms with van der Waals surface area (Å²) >= 11 is 1.65. The molecule has 2 unspecified atom stereocenters. The number of likely N-dealkylation sites (tertiary alicyclic amines) is 1. The average Bonchev–Trinajstić information content (AvgIpc) is 3.18. The molecule has 1 fully saturated rings. The number of nitrogens with zero attached hydrogens (tertiary/aromatic N) is 4. The van der Waals surface area contributed by atoms with Gasteiger partial charge in [-0.15, -0.1) is 16.4 Å². The second-order valence-electron chi connectivity index (χ2n) is 5.75. The fourth-order valence-corrected chi connectivity index (χ4v) is 3.66. The molecule has 0 bridgehead atoms. The first kappa shape index (κ1) is 15.2. The van der Waals surface area contributed by atoms with E-state index in [2.05, 4.69) is 17.2 Å². The summed E-state index contributed by atoms with van der Waals surface area (Å²) in [7, 11) is 0. The lowest BCUT2D eigenvalue weighted by molar-refractivity contribution is 0.0353. The zero-order valence-electron chi connectivity index (χ0n) is 12.6. The number of aliphatic hydroxyl groups is 1. The van der Waals surface area contributed by atoms with Crippen molar-refractivity contribution >= 4 is 17.2 Å². The van der Waals surface area contributed by atoms with E-state index in [9.17, 15) is 9.90 Å². The van der Waals surface area contributed by atoms with Crippen LogP contribution in [-0.4, -0.2) is 50.1 Å². The van der Waals surface area contributed by atoms with Crippen molar-refractivity contribution < 1.29 is 9.90 Å². The number of aliphatic hydroxyl groups excluding tert-OH is 1. The largest absolute Gasteiger partial charge is 0.394 e. The smallest absolute Gasteiger partial charge is 0.276 e. The fraction of sp³-hybridized carbons (Fsp3) is 0.533. The van der Waals surface area contributed by atoms with Crippen LogP contribution in [0.15, 0.2) is 23.7 Å². The van der Waals surface area contributed by atoms with Gasteiger partial charge in [-0.05, 0) is 30.2 Å². The van der Waals surface area contributed by atoms with Crippen molar-refractivity contribution in [3.8, 4) is 0 Å². The molecule has 2 aromatic heterocycles. The quantitative estimate of drug-likeness (QED) is 0.929. The summed E-state index contributed by atoms with van der Waals surface area (Å²) in [6, 6.07) is 3.90. The van der Waals surface area contributed by atoms with Gasteiger partial charge in [0.1, 0.15) is 0 Å². The van der Waals surface area contributed by atoms with Crippen LogP contribution in [0, 0.1) is 5.92 Å². The number of aromatic nitrogens is 3. The minimum atomic E-state index is -0.136. The summed E-state index contributed by atoms with van der Waals surface area (Å²) in [5, 5.41) is 19.6. The second kappa shape index (κ2) is 6.58. The predicted octanol–water partition coefficient (Wildman–Crippen LogP) is 1.62. The fourth-order valence-electron chi connectivity index (χ4n) is 2.96. The van der Waals surface area contributed by atoms with E-state index in [0.29, 0.717) is 24.7 Å². The molecule has 1 aliphatic rings. The van der Waals surface area contributed by atoms with Crippen LogP contribution in [0.4, 0.5) is 0 Å². The predicted molar refractivity (Wildman–Crippen MR) is 83.8 cm³/mol. The van der Waals surface area contributed by atoms with E-state index in [-0.39, 0.29) is 18.6 Å². The molecule has 1 amide bonds. The summed E-state index contributed by atoms with van der Waals surface area (Å²) in [6.45, 7) is 3.37. The molecule has 6 nitrogen and oxygen atoms in total. The van der Waals surface area contributed by atoms with Crippen LogP contribution in [0.3, 0.4) is 0 Å². The van der Waals surface area contributed by atoms with Gasteiger partial charge >= 0.3 is 0 Å². The third-order valence-corrected chi connectivity index (χ3v) is 5.08. The summed E-state index contributed by atoms with van der Waals surface area (Å²) in [5.74, 6) is 0.173. The maximum absolute atomic E-state index is 12.6. The van der Waals surface area contributed by atoms with Crippen LogP contribution in [0.1, 0.15) is 35.1 Å². The molecule has 118 valence electrons. The second-order valence-corrected chi connectivity index (χ2v) is 6.78. The standard InChI is InChI=1S/C15H20N4O2S/c1-11-4-2-6-19(14(11)10-20)15(21)13-9-18(17-16-13)8-12-5-3-7-22-12/h3,5,7,9,11,14,20H,2,4,6,8,10H2,1H3. The number of amides is 1. The molecule has 0 saturated carbocycles. The summed E-state index contributed by atoms with van der Waals surface area (Å²) in [6.07, 6.45) is 3.70. The molecule has 2 atom stereocenters. The van der Waals surface area contributed by atoms with Gasteiger partial charge in [0.05, 0.1) is 25.4 Å². The number of carbonyl (C=O) groups is 1. The zero-order chi connectivity index (χ0) is 15.5. The van der Waals surface area contributed by atoms with Crippen LogP contribution in [-0.2, 0) is 6.54 Å². The van der Waals surface area contributed by atoms with Crippen LogP contribution >= 0.6 is 11.3 Å². The van der Waals surface area contributed by atoms with E-state index < -0.39 is 0 Å². The van der Waals surface area contributed by atoms with Gasteiger partial charge in [-0.25, -0.2) is 4.68 Å². The average molecular weight is 320 g/mol. The van der Waals surface area contributed by atoms with Gasteiger partial charge in [-0.3, -0.25) is 4.79 Å². The normalized spacial score (nSPS) is 22.0. The van der Waals surface area contributed by atoms with Crippen LogP contribution in [0.25, 0.3) is 0 Å². The molecule has 0 spiro atoms. The Morgan fingerprint density at radius 1 is 1.55 bits per heavy atom. The molecular weight excluding hydrogens is 300 g/mol. The third kappa shape index (κ3) is 3.05. The Labute approximate surface area is 133 Å². The molecule has 1 aliphatic heterocycles. The van der Waals surface area contributed by atoms with E-state index in [1.165, 1.54) is 4.88 Å². The first-order chi connectivity index (χ1) is 10.7. The first-order valence-electron chi connectivity index (χ1n) is 7.53. The van der Waals surface area contributed by atoms with Gasteiger partial charge in [0.25, 0.3) is 5.91 Å². The third-order valence-electron chi connectivity index (χ3n) is 4.22. The Morgan fingerprint density at radius 2 is 2.41 bits per heavy atom. The molecule has 0 radical (unpaired) electrons. The molecule has 2 aromatic rings. The van der Waals surface area contributed by atoms with Crippen LogP contribution in [0.2, 0.25) is 0 Å². The molecule has 1 saturated heterocycles. The zero-order valence-corrected chi connectivity index (χ0v) is 13.4. The highest BCUT2D eigenvalue weighted by molar-refractivity contribution is 7.09. The molecule has 3 rings (SSSR count). The van der Waals surface area contributed by atoms with Crippen molar-refractivity contribution in [1.82, 2.24) is 19.9 Å². The van der Waals surface area contributed by atoms with Crippen molar-refractivity contribution in [2.45, 2.75) is 32.4 Å². The molecule has 22 heavy (non-hydrogen) atoms. The number of rotatable bonds is 4. The van der Waals surface area contributed by atoms with Gasteiger partial charge in [0.2, 0.25) is 0 Å². The van der Waals surface area contributed by atoms with Crippen molar-refractivity contribution in [3.05, 3.63) is 34.3 Å². The lowest BCUT2D eigenvalue weighted by Crippen LogP contribution is -2.49. The maximum Gasteiger partial charge on any atom is 0.276 e. The maximum atomic E-state index is 12.6. The Hall–Kier alpha value is -1.73. The van der Waals surface area contributed by atoms with Crippen molar-refractivity contribution in [3.63, 3.8) is 0 Å². The van der Waals surface area contributed by atoms with E-state index >= 15 is 0 Å². The number of hydrogen-bond acceptors (Lipinski definition) is 5. The number of piperidine rings is 1. The Bertz CT molecular complexity index is 625. The molecule has 0 aliphatic carbocycles. The number of hydrogen-bond donors (Lipinski definition) is 1. The van der Waals surface area contributed by atoms with E-state index in [4.69, 9.17) is 0 Å². The highest BCUT2D eigenvalue weighted by Gasteiger charge is 2.32. The topological polar surface area (TPSA) is 71.2 Å². The Balaban J connectivity index is 1.73. The lowest BCUT2D eigenvalue weighted by atomic mass is 9.91. The molecule has 0 aromatic carbocycles. The Kier molecular flexibility index (Phi) is 4.54. The van der Waals surface area contributed by atoms with Crippen molar-refractivity contribution in [2.75, 3.05) is 13.2 Å². The van der Waals surface area contributed by atoms with E-state index in [1.807, 2.05) is 17.5 Å². The number of thiophene rings is 1. The van der Waals surface area contributed by atoms with Gasteiger partial charge in [-0.1, -0.05) is 18.2 Å². The van der Waals surface area contributed by atoms with Crippen LogP contribution < -0.4 is 0 Å². The minimum Gasteiger partial charge on any atom is -0.394 e. The SMILES string of the molecule is CC1CCCN(C(=O)c2cn(Cc3cccs3)nn2)C1CO. The highest BCUT2D eigenvalue weighted by atomic mass is 32.1. The molecule has 7 heteroatoms. The minimum absolute atomic E-state index is 0.00373. The summed E-state index contributed by atoms with van der Waals surface area (Å²) in [4.78, 5) is 15.5. The molecule has 1 N–H and O–H groups in total. The van der Waals surface area contributed by atoms with Crippen molar-refractivity contribution in [2.24, 2.45) is 5.92 Å². The van der Waals surface area contributed by atoms with Gasteiger partial charge < -0.3 is 10.0 Å². The lowest BCUT2D eigenvalue weighted by Gasteiger charge is -2.38. The summed E-state index contributed by atoms with van der Waals surface area (Å²) in [5.41, 5.74) is 0.351. The highest BCUT2D eigenvalue weighted by Crippen LogP contribution is 2.24. The van der Waals surface area contributed by atoms with Gasteiger partial charge in [0.15, 0.2) is 5.69 Å². The first-order valence-corrected chi connectivity index (χ1v) is 8.41. The summed E-state index contributed by atoms with van der Waals surface area (Å²) < 4.78 is 1.68. The van der Waals surface area contributed by atoms with E-state index in [1.54, 1.807) is 27.1 Å². The van der Waals surface area contributed by atoms with E-state index in [0.717, 1.165) is 12.8 Å². The van der Waals surface area contributed by atoms with Gasteiger partial charge in [-0.2, -0.15) is 0 Å². The van der Waals surface area contributed by atoms with Crippen LogP contribution in [0.5, 0.6) is 0 Å². The number of carbonyl (C=O) groups excluding carboxylic acids is 1. The molecule has 3 heterocycles. The Morgan fingerprint density at radius 3 is 3.14 bits per heavy atom. The molecular formula is C15H20N4O2S. The van der Waals surface area contributed by atoms with Crippen molar-refractivity contribution in [1.29, 1.82) is 0 Å². The monoisotopic (exact) mass is 320 g/mol.